The number of hydrogen-bond donors (Lipinski definition) is 2. The number of methoxy groups -OCH3 is 2. The molecule has 0 amide bonds. The number of rotatable bonds is 8. The summed E-state index contributed by atoms with van der Waals surface area (Å²) in [6.07, 6.45) is 1.66. The van der Waals surface area contributed by atoms with E-state index in [-0.39, 0.29) is 0 Å². The van der Waals surface area contributed by atoms with Crippen LogP contribution in [0.1, 0.15) is 30.8 Å². The fraction of sp³-hybridized carbons (Fsp3) is 0.318. The van der Waals surface area contributed by atoms with Crippen LogP contribution in [0, 0.1) is 6.92 Å². The molecule has 0 aliphatic heterocycles. The number of nitrogens with zero attached hydrogens (tertiary/aromatic N) is 3. The lowest BCUT2D eigenvalue weighted by atomic mass is 10.0. The van der Waals surface area contributed by atoms with Crippen LogP contribution in [0.2, 0.25) is 5.02 Å². The third-order valence-corrected chi connectivity index (χ3v) is 5.07. The summed E-state index contributed by atoms with van der Waals surface area (Å²) >= 11 is 6.42. The third-order valence-electron chi connectivity index (χ3n) is 4.72. The van der Waals surface area contributed by atoms with Gasteiger partial charge in [-0.15, -0.1) is 0 Å². The summed E-state index contributed by atoms with van der Waals surface area (Å²) in [6, 6.07) is 9.45. The van der Waals surface area contributed by atoms with Crippen LogP contribution >= 0.6 is 11.6 Å². The molecule has 8 heteroatoms. The van der Waals surface area contributed by atoms with E-state index in [0.717, 1.165) is 40.4 Å². The second kappa shape index (κ2) is 9.63. The van der Waals surface area contributed by atoms with Crippen molar-refractivity contribution < 1.29 is 9.47 Å². The van der Waals surface area contributed by atoms with Gasteiger partial charge in [-0.3, -0.25) is 0 Å². The van der Waals surface area contributed by atoms with Gasteiger partial charge in [-0.05, 0) is 49.1 Å². The number of ether oxygens (including phenoxy) is 2. The highest BCUT2D eigenvalue weighted by molar-refractivity contribution is 6.31. The van der Waals surface area contributed by atoms with Crippen molar-refractivity contribution in [1.29, 1.82) is 0 Å². The molecule has 0 atom stereocenters. The highest BCUT2D eigenvalue weighted by atomic mass is 35.5. The summed E-state index contributed by atoms with van der Waals surface area (Å²) in [7, 11) is 3.21. The number of hydrogen-bond acceptors (Lipinski definition) is 7. The molecule has 158 valence electrons. The number of benzene rings is 2. The Morgan fingerprint density at radius 2 is 1.63 bits per heavy atom. The van der Waals surface area contributed by atoms with Gasteiger partial charge in [0.2, 0.25) is 11.9 Å². The summed E-state index contributed by atoms with van der Waals surface area (Å²) in [5.41, 5.74) is 3.87. The summed E-state index contributed by atoms with van der Waals surface area (Å²) in [5, 5.41) is 7.29. The smallest absolute Gasteiger partial charge is 0.232 e. The lowest BCUT2D eigenvalue weighted by Gasteiger charge is -2.17. The zero-order valence-corrected chi connectivity index (χ0v) is 18.6. The van der Waals surface area contributed by atoms with Gasteiger partial charge >= 0.3 is 0 Å². The maximum Gasteiger partial charge on any atom is 0.232 e. The molecular weight excluding hydrogens is 402 g/mol. The lowest BCUT2D eigenvalue weighted by Crippen LogP contribution is -2.08. The summed E-state index contributed by atoms with van der Waals surface area (Å²) < 4.78 is 10.7. The Morgan fingerprint density at radius 1 is 0.900 bits per heavy atom. The van der Waals surface area contributed by atoms with Gasteiger partial charge in [0.25, 0.3) is 0 Å². The molecule has 3 rings (SSSR count). The van der Waals surface area contributed by atoms with Crippen molar-refractivity contribution in [3.8, 4) is 11.5 Å². The van der Waals surface area contributed by atoms with Crippen LogP contribution in [0.3, 0.4) is 0 Å². The molecule has 0 fully saturated rings. The van der Waals surface area contributed by atoms with Crippen molar-refractivity contribution >= 4 is 34.9 Å². The largest absolute Gasteiger partial charge is 0.497 e. The van der Waals surface area contributed by atoms with Crippen LogP contribution in [-0.4, -0.2) is 29.2 Å². The Labute approximate surface area is 181 Å². The van der Waals surface area contributed by atoms with E-state index in [2.05, 4.69) is 39.4 Å². The molecule has 7 nitrogen and oxygen atoms in total. The predicted octanol–water partition coefficient (Wildman–Crippen LogP) is 5.46. The minimum atomic E-state index is 0.409. The van der Waals surface area contributed by atoms with E-state index >= 15 is 0 Å². The Hall–Kier alpha value is -3.06. The van der Waals surface area contributed by atoms with Gasteiger partial charge in [0.15, 0.2) is 0 Å². The first-order valence-electron chi connectivity index (χ1n) is 9.78. The van der Waals surface area contributed by atoms with Gasteiger partial charge in [0, 0.05) is 16.8 Å². The van der Waals surface area contributed by atoms with Gasteiger partial charge in [0.05, 0.1) is 19.9 Å². The molecule has 1 aromatic heterocycles. The second-order valence-electron chi connectivity index (χ2n) is 6.61. The van der Waals surface area contributed by atoms with E-state index in [0.29, 0.717) is 29.2 Å². The van der Waals surface area contributed by atoms with Crippen LogP contribution in [0.4, 0.5) is 23.3 Å². The van der Waals surface area contributed by atoms with Crippen LogP contribution in [0.5, 0.6) is 11.5 Å². The summed E-state index contributed by atoms with van der Waals surface area (Å²) in [6.45, 7) is 6.01. The van der Waals surface area contributed by atoms with E-state index in [1.165, 1.54) is 0 Å². The minimum Gasteiger partial charge on any atom is -0.497 e. The zero-order chi connectivity index (χ0) is 21.7. The molecule has 0 unspecified atom stereocenters. The number of nitrogens with one attached hydrogen (secondary N) is 2. The average molecular weight is 428 g/mol. The molecule has 0 bridgehead atoms. The predicted molar refractivity (Wildman–Crippen MR) is 121 cm³/mol. The van der Waals surface area contributed by atoms with E-state index < -0.39 is 0 Å². The van der Waals surface area contributed by atoms with Crippen LogP contribution in [-0.2, 0) is 12.8 Å². The molecule has 0 saturated heterocycles. The maximum atomic E-state index is 6.42. The molecular formula is C22H26ClN5O2. The van der Waals surface area contributed by atoms with Crippen LogP contribution in [0.15, 0.2) is 30.3 Å². The normalized spacial score (nSPS) is 10.6. The van der Waals surface area contributed by atoms with E-state index in [1.54, 1.807) is 20.3 Å². The van der Waals surface area contributed by atoms with Crippen molar-refractivity contribution in [2.75, 3.05) is 24.9 Å². The maximum absolute atomic E-state index is 6.42. The first-order valence-corrected chi connectivity index (χ1v) is 10.2. The quantitative estimate of drug-likeness (QED) is 0.493. The molecule has 1 heterocycles. The van der Waals surface area contributed by atoms with Crippen molar-refractivity contribution in [3.63, 3.8) is 0 Å². The monoisotopic (exact) mass is 427 g/mol. The minimum absolute atomic E-state index is 0.409. The van der Waals surface area contributed by atoms with E-state index in [1.807, 2.05) is 31.2 Å². The molecule has 0 saturated carbocycles. The van der Waals surface area contributed by atoms with Crippen molar-refractivity contribution in [2.45, 2.75) is 33.6 Å². The first kappa shape index (κ1) is 21.6. The lowest BCUT2D eigenvalue weighted by molar-refractivity contribution is 0.395. The fourth-order valence-corrected chi connectivity index (χ4v) is 3.49. The van der Waals surface area contributed by atoms with Gasteiger partial charge in [-0.1, -0.05) is 31.5 Å². The average Bonchev–Trinajstić information content (AvgIpc) is 2.74. The molecule has 0 aliphatic rings. The highest BCUT2D eigenvalue weighted by Crippen LogP contribution is 2.33. The number of halogens is 1. The van der Waals surface area contributed by atoms with Crippen molar-refractivity contribution in [1.82, 2.24) is 15.0 Å². The number of anilines is 4. The Kier molecular flexibility index (Phi) is 6.95. The number of aromatic nitrogens is 3. The van der Waals surface area contributed by atoms with Gasteiger partial charge in [0.1, 0.15) is 17.3 Å². The van der Waals surface area contributed by atoms with Crippen molar-refractivity contribution in [3.05, 3.63) is 52.3 Å². The van der Waals surface area contributed by atoms with Crippen LogP contribution < -0.4 is 20.1 Å². The molecule has 3 aromatic rings. The molecule has 2 aromatic carbocycles. The molecule has 0 radical (unpaired) electrons. The third kappa shape index (κ3) is 4.74. The van der Waals surface area contributed by atoms with Gasteiger partial charge in [-0.25, -0.2) is 0 Å². The van der Waals surface area contributed by atoms with Gasteiger partial charge in [-0.2, -0.15) is 15.0 Å². The molecule has 30 heavy (non-hydrogen) atoms. The SMILES string of the molecule is CCc1ccc(Cl)c(CC)c1Nc1nc(C)nc(Nc2ccc(OC)cc2OC)n1. The molecule has 0 spiro atoms. The highest BCUT2D eigenvalue weighted by Gasteiger charge is 2.14. The summed E-state index contributed by atoms with van der Waals surface area (Å²) in [5.74, 6) is 2.77. The second-order valence-corrected chi connectivity index (χ2v) is 7.02. The van der Waals surface area contributed by atoms with Crippen LogP contribution in [0.25, 0.3) is 0 Å². The summed E-state index contributed by atoms with van der Waals surface area (Å²) in [4.78, 5) is 13.4. The Bertz CT molecular complexity index is 1040. The molecule has 0 aliphatic carbocycles. The standard InChI is InChI=1S/C22H26ClN5O2/c1-6-14-8-10-17(23)16(7-2)20(14)27-22-25-13(3)24-21(28-22)26-18-11-9-15(29-4)12-19(18)30-5/h8-12H,6-7H2,1-5H3,(H2,24,25,26,27,28). The fourth-order valence-electron chi connectivity index (χ4n) is 3.19. The van der Waals surface area contributed by atoms with E-state index in [4.69, 9.17) is 21.1 Å². The van der Waals surface area contributed by atoms with Gasteiger partial charge < -0.3 is 20.1 Å². The first-order chi connectivity index (χ1) is 14.5. The topological polar surface area (TPSA) is 81.2 Å². The molecule has 2 N–H and O–H groups in total. The van der Waals surface area contributed by atoms with Crippen molar-refractivity contribution in [2.24, 2.45) is 0 Å². The Morgan fingerprint density at radius 3 is 2.27 bits per heavy atom. The Balaban J connectivity index is 1.95. The number of aryl methyl sites for hydroxylation is 2. The van der Waals surface area contributed by atoms with E-state index in [9.17, 15) is 0 Å². The zero-order valence-electron chi connectivity index (χ0n) is 17.8.